The van der Waals surface area contributed by atoms with Crippen molar-refractivity contribution in [1.29, 1.82) is 0 Å². The van der Waals surface area contributed by atoms with Gasteiger partial charge in [0.25, 0.3) is 0 Å². The summed E-state index contributed by atoms with van der Waals surface area (Å²) in [5.41, 5.74) is 3.39. The number of hydrogen-bond donors (Lipinski definition) is 1. The summed E-state index contributed by atoms with van der Waals surface area (Å²) < 4.78 is 14.2. The van der Waals surface area contributed by atoms with Crippen molar-refractivity contribution >= 4 is 5.97 Å². The molecule has 2 aromatic carbocycles. The molecule has 0 fully saturated rings. The average molecular weight is 256 g/mol. The second kappa shape index (κ2) is 4.50. The number of carboxylic acid groups (broad SMARTS) is 1. The summed E-state index contributed by atoms with van der Waals surface area (Å²) in [6.45, 7) is 0. The van der Waals surface area contributed by atoms with E-state index >= 15 is 0 Å². The van der Waals surface area contributed by atoms with Gasteiger partial charge in [0.2, 0.25) is 0 Å². The van der Waals surface area contributed by atoms with E-state index in [1.807, 2.05) is 18.2 Å². The molecule has 3 rings (SSSR count). The van der Waals surface area contributed by atoms with E-state index in [0.29, 0.717) is 5.56 Å². The summed E-state index contributed by atoms with van der Waals surface area (Å²) in [4.78, 5) is 11.0. The first-order valence-corrected chi connectivity index (χ1v) is 6.31. The molecule has 19 heavy (non-hydrogen) atoms. The second-order valence-electron chi connectivity index (χ2n) is 4.81. The normalized spacial score (nSPS) is 13.3. The highest BCUT2D eigenvalue weighted by atomic mass is 19.1. The van der Waals surface area contributed by atoms with E-state index < -0.39 is 11.8 Å². The van der Waals surface area contributed by atoms with Crippen molar-refractivity contribution in [3.8, 4) is 11.1 Å². The highest BCUT2D eigenvalue weighted by Gasteiger charge is 2.17. The van der Waals surface area contributed by atoms with Crippen molar-refractivity contribution in [3.05, 3.63) is 58.9 Å². The van der Waals surface area contributed by atoms with Crippen LogP contribution in [0.3, 0.4) is 0 Å². The van der Waals surface area contributed by atoms with Gasteiger partial charge in [-0.05, 0) is 42.0 Å². The maximum atomic E-state index is 14.2. The van der Waals surface area contributed by atoms with Gasteiger partial charge in [-0.2, -0.15) is 0 Å². The molecule has 1 aliphatic carbocycles. The van der Waals surface area contributed by atoms with Gasteiger partial charge < -0.3 is 5.11 Å². The first-order valence-electron chi connectivity index (χ1n) is 6.31. The number of aromatic carboxylic acids is 1. The molecule has 0 spiro atoms. The number of fused-ring (bicyclic) bond motifs is 1. The SMILES string of the molecule is O=C(O)c1cccc(-c2ccc3c(c2)CCC3)c1F. The van der Waals surface area contributed by atoms with Crippen LogP contribution in [0.15, 0.2) is 36.4 Å². The molecular weight excluding hydrogens is 243 g/mol. The molecule has 0 aromatic heterocycles. The molecule has 0 amide bonds. The number of carbonyl (C=O) groups is 1. The molecule has 2 aromatic rings. The number of halogens is 1. The lowest BCUT2D eigenvalue weighted by Crippen LogP contribution is -2.01. The standard InChI is InChI=1S/C16H13FO2/c17-15-13(5-2-6-14(15)16(18)19)12-8-7-10-3-1-4-11(10)9-12/h2,5-9H,1,3-4H2,(H,18,19). The third-order valence-corrected chi connectivity index (χ3v) is 3.64. The zero-order valence-electron chi connectivity index (χ0n) is 10.3. The Morgan fingerprint density at radius 2 is 1.89 bits per heavy atom. The number of carboxylic acids is 1. The molecule has 1 N–H and O–H groups in total. The minimum absolute atomic E-state index is 0.280. The van der Waals surface area contributed by atoms with E-state index in [2.05, 4.69) is 0 Å². The van der Waals surface area contributed by atoms with Gasteiger partial charge >= 0.3 is 5.97 Å². The molecule has 0 heterocycles. The van der Waals surface area contributed by atoms with E-state index in [9.17, 15) is 9.18 Å². The van der Waals surface area contributed by atoms with Gasteiger partial charge in [-0.1, -0.05) is 30.3 Å². The van der Waals surface area contributed by atoms with Gasteiger partial charge in [0.05, 0.1) is 5.56 Å². The molecule has 0 atom stereocenters. The molecule has 3 heteroatoms. The maximum absolute atomic E-state index is 14.2. The van der Waals surface area contributed by atoms with Crippen molar-refractivity contribution in [2.24, 2.45) is 0 Å². The largest absolute Gasteiger partial charge is 0.478 e. The molecule has 2 nitrogen and oxygen atoms in total. The van der Waals surface area contributed by atoms with E-state index in [0.717, 1.165) is 24.8 Å². The van der Waals surface area contributed by atoms with E-state index in [4.69, 9.17) is 5.11 Å². The van der Waals surface area contributed by atoms with Crippen LogP contribution in [0.2, 0.25) is 0 Å². The quantitative estimate of drug-likeness (QED) is 0.890. The summed E-state index contributed by atoms with van der Waals surface area (Å²) in [6, 6.07) is 10.4. The fourth-order valence-electron chi connectivity index (χ4n) is 2.66. The summed E-state index contributed by atoms with van der Waals surface area (Å²) in [5, 5.41) is 8.95. The third kappa shape index (κ3) is 2.01. The highest BCUT2D eigenvalue weighted by Crippen LogP contribution is 2.30. The van der Waals surface area contributed by atoms with Crippen molar-refractivity contribution < 1.29 is 14.3 Å². The van der Waals surface area contributed by atoms with Gasteiger partial charge in [-0.3, -0.25) is 0 Å². The topological polar surface area (TPSA) is 37.3 Å². The minimum Gasteiger partial charge on any atom is -0.478 e. The van der Waals surface area contributed by atoms with Crippen LogP contribution >= 0.6 is 0 Å². The van der Waals surface area contributed by atoms with E-state index in [1.165, 1.54) is 17.2 Å². The van der Waals surface area contributed by atoms with E-state index in [1.54, 1.807) is 12.1 Å². The Bertz CT molecular complexity index is 662. The maximum Gasteiger partial charge on any atom is 0.338 e. The summed E-state index contributed by atoms with van der Waals surface area (Å²) in [6.07, 6.45) is 3.23. The molecule has 0 bridgehead atoms. The van der Waals surface area contributed by atoms with Crippen LogP contribution < -0.4 is 0 Å². The molecule has 1 aliphatic rings. The molecule has 0 saturated heterocycles. The van der Waals surface area contributed by atoms with Crippen molar-refractivity contribution in [2.75, 3.05) is 0 Å². The molecule has 0 radical (unpaired) electrons. The molecule has 96 valence electrons. The number of aryl methyl sites for hydroxylation is 2. The van der Waals surface area contributed by atoms with Gasteiger partial charge in [0, 0.05) is 5.56 Å². The number of rotatable bonds is 2. The predicted octanol–water partition coefficient (Wildman–Crippen LogP) is 3.68. The second-order valence-corrected chi connectivity index (χ2v) is 4.81. The summed E-state index contributed by atoms with van der Waals surface area (Å²) >= 11 is 0. The Kier molecular flexibility index (Phi) is 2.82. The lowest BCUT2D eigenvalue weighted by Gasteiger charge is -2.08. The van der Waals surface area contributed by atoms with Crippen molar-refractivity contribution in [3.63, 3.8) is 0 Å². The summed E-state index contributed by atoms with van der Waals surface area (Å²) in [5.74, 6) is -1.89. The van der Waals surface area contributed by atoms with Crippen LogP contribution in [0.4, 0.5) is 4.39 Å². The lowest BCUT2D eigenvalue weighted by atomic mass is 9.98. The van der Waals surface area contributed by atoms with Crippen LogP contribution in [0, 0.1) is 5.82 Å². The number of benzene rings is 2. The van der Waals surface area contributed by atoms with Gasteiger partial charge in [0.15, 0.2) is 0 Å². The van der Waals surface area contributed by atoms with Crippen molar-refractivity contribution in [2.45, 2.75) is 19.3 Å². The fraction of sp³-hybridized carbons (Fsp3) is 0.188. The third-order valence-electron chi connectivity index (χ3n) is 3.64. The molecule has 0 aliphatic heterocycles. The van der Waals surface area contributed by atoms with Gasteiger partial charge in [-0.15, -0.1) is 0 Å². The Morgan fingerprint density at radius 1 is 1.11 bits per heavy atom. The van der Waals surface area contributed by atoms with Crippen LogP contribution in [0.1, 0.15) is 27.9 Å². The van der Waals surface area contributed by atoms with Gasteiger partial charge in [-0.25, -0.2) is 9.18 Å². The molecular formula is C16H13FO2. The predicted molar refractivity (Wildman–Crippen MR) is 70.8 cm³/mol. The Hall–Kier alpha value is -2.16. The van der Waals surface area contributed by atoms with Crippen LogP contribution in [0.5, 0.6) is 0 Å². The zero-order chi connectivity index (χ0) is 13.4. The van der Waals surface area contributed by atoms with Gasteiger partial charge in [0.1, 0.15) is 5.82 Å². The van der Waals surface area contributed by atoms with Crippen LogP contribution in [-0.4, -0.2) is 11.1 Å². The Morgan fingerprint density at radius 3 is 2.68 bits per heavy atom. The van der Waals surface area contributed by atoms with Crippen molar-refractivity contribution in [1.82, 2.24) is 0 Å². The lowest BCUT2D eigenvalue weighted by molar-refractivity contribution is 0.0692. The average Bonchev–Trinajstić information content (AvgIpc) is 2.85. The van der Waals surface area contributed by atoms with Crippen LogP contribution in [-0.2, 0) is 12.8 Å². The molecule has 0 unspecified atom stereocenters. The summed E-state index contributed by atoms with van der Waals surface area (Å²) in [7, 11) is 0. The molecule has 0 saturated carbocycles. The first-order chi connectivity index (χ1) is 9.16. The Balaban J connectivity index is 2.12. The number of hydrogen-bond acceptors (Lipinski definition) is 1. The monoisotopic (exact) mass is 256 g/mol. The minimum atomic E-state index is -1.24. The zero-order valence-corrected chi connectivity index (χ0v) is 10.3. The fourth-order valence-corrected chi connectivity index (χ4v) is 2.66. The smallest absolute Gasteiger partial charge is 0.338 e. The first kappa shape index (κ1) is 11.9. The van der Waals surface area contributed by atoms with E-state index in [-0.39, 0.29) is 5.56 Å². The van der Waals surface area contributed by atoms with Crippen LogP contribution in [0.25, 0.3) is 11.1 Å². The highest BCUT2D eigenvalue weighted by molar-refractivity contribution is 5.90. The Labute approximate surface area is 110 Å².